The number of nitrogens with two attached hydrogens (primary N) is 1. The van der Waals surface area contributed by atoms with E-state index in [-0.39, 0.29) is 36.1 Å². The van der Waals surface area contributed by atoms with E-state index in [1.165, 1.54) is 6.07 Å². The van der Waals surface area contributed by atoms with E-state index in [1.807, 2.05) is 6.07 Å². The normalized spacial score (nSPS) is 26.2. The molecule has 1 amide bonds. The fourth-order valence-corrected chi connectivity index (χ4v) is 5.81. The molecule has 3 aliphatic carbocycles. The van der Waals surface area contributed by atoms with Crippen molar-refractivity contribution in [2.45, 2.75) is 24.9 Å². The van der Waals surface area contributed by atoms with Gasteiger partial charge in [-0.3, -0.25) is 19.4 Å². The van der Waals surface area contributed by atoms with Gasteiger partial charge in [-0.2, -0.15) is 0 Å². The number of fused-ring (bicyclic) bond motifs is 3. The number of pyridine rings is 1. The number of rotatable bonds is 2. The van der Waals surface area contributed by atoms with Crippen LogP contribution >= 0.6 is 15.9 Å². The fraction of sp³-hybridized carbons (Fsp3) is 0.250. The van der Waals surface area contributed by atoms with Crippen molar-refractivity contribution in [1.82, 2.24) is 4.98 Å². The Labute approximate surface area is 201 Å². The zero-order valence-corrected chi connectivity index (χ0v) is 19.2. The summed E-state index contributed by atoms with van der Waals surface area (Å²) in [5.41, 5.74) is 3.55. The SMILES string of the molecule is NC(=O)C1=C(O)C[C@@H]2C[C@@H]3Cc4c(-c5cncc(Br)c5)ccc(O)c4C(=O)C3=C(O)[C@]2(O)C1=O. The number of benzene rings is 1. The molecule has 0 radical (unpaired) electrons. The van der Waals surface area contributed by atoms with Crippen molar-refractivity contribution in [1.29, 1.82) is 0 Å². The monoisotopic (exact) mass is 526 g/mol. The van der Waals surface area contributed by atoms with Gasteiger partial charge >= 0.3 is 0 Å². The van der Waals surface area contributed by atoms with Crippen molar-refractivity contribution < 1.29 is 34.8 Å². The highest BCUT2D eigenvalue weighted by molar-refractivity contribution is 9.10. The Bertz CT molecular complexity index is 1380. The second-order valence-electron chi connectivity index (χ2n) is 8.79. The number of phenolic OH excluding ortho intramolecular Hbond substituents is 1. The number of Topliss-reactive ketones (excluding diaryl/α,β-unsaturated/α-hetero) is 2. The molecular formula is C24H19BrN2O7. The molecule has 1 aromatic heterocycles. The summed E-state index contributed by atoms with van der Waals surface area (Å²) in [6.45, 7) is 0. The van der Waals surface area contributed by atoms with E-state index < -0.39 is 52.0 Å². The van der Waals surface area contributed by atoms with E-state index >= 15 is 0 Å². The fourth-order valence-electron chi connectivity index (χ4n) is 5.45. The van der Waals surface area contributed by atoms with Crippen LogP contribution in [0, 0.1) is 11.8 Å². The smallest absolute Gasteiger partial charge is 0.255 e. The van der Waals surface area contributed by atoms with Gasteiger partial charge in [-0.1, -0.05) is 6.07 Å². The van der Waals surface area contributed by atoms with Crippen LogP contribution < -0.4 is 5.73 Å². The molecule has 6 N–H and O–H groups in total. The van der Waals surface area contributed by atoms with Gasteiger partial charge in [0.1, 0.15) is 22.8 Å². The maximum absolute atomic E-state index is 13.6. The van der Waals surface area contributed by atoms with Crippen LogP contribution in [0.1, 0.15) is 28.8 Å². The molecule has 9 nitrogen and oxygen atoms in total. The summed E-state index contributed by atoms with van der Waals surface area (Å²) >= 11 is 3.38. The quantitative estimate of drug-likeness (QED) is 0.371. The molecule has 0 unspecified atom stereocenters. The number of primary amides is 1. The van der Waals surface area contributed by atoms with Crippen molar-refractivity contribution in [3.05, 3.63) is 68.9 Å². The van der Waals surface area contributed by atoms with E-state index in [0.29, 0.717) is 16.7 Å². The van der Waals surface area contributed by atoms with E-state index in [1.54, 1.807) is 18.5 Å². The van der Waals surface area contributed by atoms with Gasteiger partial charge in [0.25, 0.3) is 5.91 Å². The van der Waals surface area contributed by atoms with Crippen molar-refractivity contribution in [3.8, 4) is 16.9 Å². The topological polar surface area (TPSA) is 171 Å². The first kappa shape index (κ1) is 22.3. The molecule has 3 atom stereocenters. The molecule has 34 heavy (non-hydrogen) atoms. The number of nitrogens with zero attached hydrogens (tertiary/aromatic N) is 1. The predicted molar refractivity (Wildman–Crippen MR) is 122 cm³/mol. The van der Waals surface area contributed by atoms with Crippen molar-refractivity contribution in [2.24, 2.45) is 17.6 Å². The third-order valence-corrected chi connectivity index (χ3v) is 7.39. The molecule has 0 aliphatic heterocycles. The maximum atomic E-state index is 13.6. The zero-order valence-electron chi connectivity index (χ0n) is 17.6. The number of ketones is 2. The minimum absolute atomic E-state index is 0.0332. The van der Waals surface area contributed by atoms with Gasteiger partial charge in [-0.15, -0.1) is 0 Å². The summed E-state index contributed by atoms with van der Waals surface area (Å²) in [5, 5.41) is 43.1. The summed E-state index contributed by atoms with van der Waals surface area (Å²) < 4.78 is 0.725. The zero-order chi connectivity index (χ0) is 24.5. The number of amides is 1. The standard InChI is InChI=1S/C24H19BrN2O7/c25-12-4-10(7-27-8-12)13-1-2-15(28)18-14(13)5-9-3-11-6-16(29)19(23(26)33)22(32)24(11,34)21(31)17(9)20(18)30/h1-2,4,7-9,11,28-29,31,34H,3,5-6H2,(H2,26,33)/t9-,11+,24+/m1/s1. The molecule has 0 bridgehead atoms. The molecule has 10 heteroatoms. The van der Waals surface area contributed by atoms with Crippen LogP contribution in [0.3, 0.4) is 0 Å². The summed E-state index contributed by atoms with van der Waals surface area (Å²) in [6, 6.07) is 4.86. The van der Waals surface area contributed by atoms with Gasteiger partial charge in [0.2, 0.25) is 5.78 Å². The molecule has 1 aromatic carbocycles. The molecule has 3 aliphatic rings. The lowest BCUT2D eigenvalue weighted by Gasteiger charge is -2.45. The van der Waals surface area contributed by atoms with Gasteiger partial charge in [-0.05, 0) is 57.9 Å². The molecular weight excluding hydrogens is 508 g/mol. The highest BCUT2D eigenvalue weighted by Gasteiger charge is 2.59. The molecule has 0 spiro atoms. The first-order chi connectivity index (χ1) is 16.1. The lowest BCUT2D eigenvalue weighted by Crippen LogP contribution is -2.57. The molecule has 0 saturated heterocycles. The van der Waals surface area contributed by atoms with Crippen LogP contribution in [0.2, 0.25) is 0 Å². The molecule has 1 heterocycles. The number of phenols is 1. The predicted octanol–water partition coefficient (Wildman–Crippen LogP) is 2.41. The highest BCUT2D eigenvalue weighted by Crippen LogP contribution is 2.52. The number of aromatic nitrogens is 1. The lowest BCUT2D eigenvalue weighted by atomic mass is 9.60. The summed E-state index contributed by atoms with van der Waals surface area (Å²) in [5.74, 6) is -6.48. The summed E-state index contributed by atoms with van der Waals surface area (Å²) in [6.07, 6.45) is 3.28. The second-order valence-corrected chi connectivity index (χ2v) is 9.70. The van der Waals surface area contributed by atoms with Crippen LogP contribution in [-0.2, 0) is 16.0 Å². The Morgan fingerprint density at radius 1 is 1.15 bits per heavy atom. The number of carbonyl (C=O) groups excluding carboxylic acids is 3. The van der Waals surface area contributed by atoms with E-state index in [9.17, 15) is 34.8 Å². The minimum Gasteiger partial charge on any atom is -0.511 e. The van der Waals surface area contributed by atoms with Crippen LogP contribution in [-0.4, -0.2) is 48.5 Å². The largest absolute Gasteiger partial charge is 0.511 e. The van der Waals surface area contributed by atoms with Gasteiger partial charge in [0.15, 0.2) is 11.4 Å². The molecule has 174 valence electrons. The third-order valence-electron chi connectivity index (χ3n) is 6.96. The molecule has 5 rings (SSSR count). The van der Waals surface area contributed by atoms with Gasteiger partial charge in [0, 0.05) is 40.3 Å². The Morgan fingerprint density at radius 2 is 1.88 bits per heavy atom. The molecule has 0 fully saturated rings. The van der Waals surface area contributed by atoms with E-state index in [2.05, 4.69) is 20.9 Å². The van der Waals surface area contributed by atoms with E-state index in [0.717, 1.165) is 4.47 Å². The van der Waals surface area contributed by atoms with E-state index in [4.69, 9.17) is 5.73 Å². The molecule has 0 saturated carbocycles. The first-order valence-corrected chi connectivity index (χ1v) is 11.3. The van der Waals surface area contributed by atoms with Crippen molar-refractivity contribution in [2.75, 3.05) is 0 Å². The number of hydrogen-bond acceptors (Lipinski definition) is 8. The van der Waals surface area contributed by atoms with Crippen LogP contribution in [0.25, 0.3) is 11.1 Å². The number of allylic oxidation sites excluding steroid dienone is 2. The lowest BCUT2D eigenvalue weighted by molar-refractivity contribution is -0.144. The minimum atomic E-state index is -2.57. The average molecular weight is 527 g/mol. The van der Waals surface area contributed by atoms with Gasteiger partial charge < -0.3 is 26.2 Å². The Balaban J connectivity index is 1.69. The van der Waals surface area contributed by atoms with Crippen LogP contribution in [0.4, 0.5) is 0 Å². The van der Waals surface area contributed by atoms with Crippen LogP contribution in [0.15, 0.2) is 57.7 Å². The Hall–Kier alpha value is -3.50. The summed E-state index contributed by atoms with van der Waals surface area (Å²) in [7, 11) is 0. The molecule has 2 aromatic rings. The highest BCUT2D eigenvalue weighted by atomic mass is 79.9. The number of halogens is 1. The Kier molecular flexibility index (Phi) is 4.92. The van der Waals surface area contributed by atoms with Gasteiger partial charge in [0.05, 0.1) is 5.56 Å². The van der Waals surface area contributed by atoms with Gasteiger partial charge in [-0.25, -0.2) is 0 Å². The van der Waals surface area contributed by atoms with Crippen LogP contribution in [0.5, 0.6) is 5.75 Å². The third kappa shape index (κ3) is 2.95. The number of hydrogen-bond donors (Lipinski definition) is 5. The Morgan fingerprint density at radius 3 is 2.56 bits per heavy atom. The van der Waals surface area contributed by atoms with Crippen molar-refractivity contribution >= 4 is 33.4 Å². The number of carbonyl (C=O) groups is 3. The summed E-state index contributed by atoms with van der Waals surface area (Å²) in [4.78, 5) is 42.4. The van der Waals surface area contributed by atoms with Crippen molar-refractivity contribution in [3.63, 3.8) is 0 Å². The number of aliphatic hydroxyl groups excluding tert-OH is 2. The second kappa shape index (κ2) is 7.51. The average Bonchev–Trinajstić information content (AvgIpc) is 2.76. The number of aliphatic hydroxyl groups is 3. The first-order valence-electron chi connectivity index (χ1n) is 10.5. The number of aromatic hydroxyl groups is 1. The maximum Gasteiger partial charge on any atom is 0.255 e.